The van der Waals surface area contributed by atoms with Crippen LogP contribution in [0.1, 0.15) is 18.4 Å². The normalized spacial score (nSPS) is 20.3. The molecule has 1 N–H and O–H groups in total. The van der Waals surface area contributed by atoms with Crippen molar-refractivity contribution in [3.63, 3.8) is 0 Å². The molecule has 2 heterocycles. The second-order valence-corrected chi connectivity index (χ2v) is 5.45. The molecule has 0 bridgehead atoms. The third-order valence-electron chi connectivity index (χ3n) is 4.09. The van der Waals surface area contributed by atoms with Crippen LogP contribution in [0.3, 0.4) is 0 Å². The van der Waals surface area contributed by atoms with Crippen molar-refractivity contribution in [3.8, 4) is 0 Å². The maximum absolute atomic E-state index is 12.0. The Labute approximate surface area is 114 Å². The Morgan fingerprint density at radius 2 is 1.84 bits per heavy atom. The van der Waals surface area contributed by atoms with Gasteiger partial charge in [0.05, 0.1) is 0 Å². The number of nitrogens with zero attached hydrogens (tertiary/aromatic N) is 2. The first-order valence-electron chi connectivity index (χ1n) is 7.14. The van der Waals surface area contributed by atoms with Gasteiger partial charge in [-0.1, -0.05) is 30.3 Å². The number of likely N-dealkylation sites (tertiary alicyclic amines) is 2. The van der Waals surface area contributed by atoms with Gasteiger partial charge in [0.1, 0.15) is 0 Å². The maximum Gasteiger partial charge on any atom is 0.317 e. The van der Waals surface area contributed by atoms with Crippen LogP contribution >= 0.6 is 0 Å². The zero-order valence-electron chi connectivity index (χ0n) is 11.2. The lowest BCUT2D eigenvalue weighted by atomic mass is 10.1. The number of rotatable bonds is 3. The van der Waals surface area contributed by atoms with E-state index < -0.39 is 0 Å². The van der Waals surface area contributed by atoms with Gasteiger partial charge in [-0.25, -0.2) is 4.79 Å². The van der Waals surface area contributed by atoms with E-state index in [0.717, 1.165) is 18.7 Å². The molecule has 4 nitrogen and oxygen atoms in total. The third-order valence-corrected chi connectivity index (χ3v) is 4.09. The summed E-state index contributed by atoms with van der Waals surface area (Å²) in [6.07, 6.45) is 2.63. The largest absolute Gasteiger partial charge is 0.334 e. The van der Waals surface area contributed by atoms with Gasteiger partial charge in [-0.05, 0) is 31.5 Å². The van der Waals surface area contributed by atoms with E-state index in [1.807, 2.05) is 35.2 Å². The van der Waals surface area contributed by atoms with Gasteiger partial charge in [0, 0.05) is 25.7 Å². The van der Waals surface area contributed by atoms with Crippen molar-refractivity contribution < 1.29 is 4.79 Å². The SMILES string of the molecule is O=C(NCc1ccccc1)N1CC(N2CCCC2)C1. The Hall–Kier alpha value is -1.55. The van der Waals surface area contributed by atoms with Crippen molar-refractivity contribution in [2.45, 2.75) is 25.4 Å². The van der Waals surface area contributed by atoms with Crippen LogP contribution in [0, 0.1) is 0 Å². The molecule has 2 aliphatic heterocycles. The van der Waals surface area contributed by atoms with Crippen LogP contribution < -0.4 is 5.32 Å². The Kier molecular flexibility index (Phi) is 3.69. The number of carbonyl (C=O) groups excluding carboxylic acids is 1. The minimum Gasteiger partial charge on any atom is -0.334 e. The van der Waals surface area contributed by atoms with Gasteiger partial charge < -0.3 is 10.2 Å². The number of urea groups is 1. The predicted molar refractivity (Wildman–Crippen MR) is 74.8 cm³/mol. The summed E-state index contributed by atoms with van der Waals surface area (Å²) in [5.41, 5.74) is 1.15. The molecule has 4 heteroatoms. The summed E-state index contributed by atoms with van der Waals surface area (Å²) >= 11 is 0. The second-order valence-electron chi connectivity index (χ2n) is 5.45. The highest BCUT2D eigenvalue weighted by Crippen LogP contribution is 2.19. The van der Waals surface area contributed by atoms with Crippen LogP contribution in [0.15, 0.2) is 30.3 Å². The molecular weight excluding hydrogens is 238 g/mol. The number of amides is 2. The molecule has 0 radical (unpaired) electrons. The van der Waals surface area contributed by atoms with Gasteiger partial charge in [-0.2, -0.15) is 0 Å². The standard InChI is InChI=1S/C15H21N3O/c19-15(16-10-13-6-2-1-3-7-13)18-11-14(12-18)17-8-4-5-9-17/h1-3,6-7,14H,4-5,8-12H2,(H,16,19). The molecule has 19 heavy (non-hydrogen) atoms. The maximum atomic E-state index is 12.0. The molecule has 0 aliphatic carbocycles. The van der Waals surface area contributed by atoms with E-state index in [1.165, 1.54) is 25.9 Å². The number of nitrogens with one attached hydrogen (secondary N) is 1. The number of carbonyl (C=O) groups is 1. The summed E-state index contributed by atoms with van der Waals surface area (Å²) in [6.45, 7) is 4.82. The second kappa shape index (κ2) is 5.61. The Bertz CT molecular complexity index is 422. The van der Waals surface area contributed by atoms with E-state index in [2.05, 4.69) is 10.2 Å². The summed E-state index contributed by atoms with van der Waals surface area (Å²) < 4.78 is 0. The fourth-order valence-electron chi connectivity index (χ4n) is 2.84. The molecule has 2 saturated heterocycles. The topological polar surface area (TPSA) is 35.6 Å². The molecule has 0 spiro atoms. The molecule has 1 aromatic carbocycles. The first-order chi connectivity index (χ1) is 9.33. The molecular formula is C15H21N3O. The number of hydrogen-bond acceptors (Lipinski definition) is 2. The van der Waals surface area contributed by atoms with Crippen LogP contribution in [-0.2, 0) is 6.54 Å². The highest BCUT2D eigenvalue weighted by atomic mass is 16.2. The molecule has 2 aliphatic rings. The summed E-state index contributed by atoms with van der Waals surface area (Å²) in [5.74, 6) is 0. The summed E-state index contributed by atoms with van der Waals surface area (Å²) in [6, 6.07) is 10.7. The molecule has 3 rings (SSSR count). The molecule has 2 fully saturated rings. The molecule has 0 atom stereocenters. The monoisotopic (exact) mass is 259 g/mol. The molecule has 0 unspecified atom stereocenters. The van der Waals surface area contributed by atoms with Crippen LogP contribution in [0.5, 0.6) is 0 Å². The van der Waals surface area contributed by atoms with Gasteiger partial charge in [-0.3, -0.25) is 4.90 Å². The van der Waals surface area contributed by atoms with Gasteiger partial charge in [0.2, 0.25) is 0 Å². The average Bonchev–Trinajstić information content (AvgIpc) is 2.90. The quantitative estimate of drug-likeness (QED) is 0.896. The zero-order valence-corrected chi connectivity index (χ0v) is 11.2. The zero-order chi connectivity index (χ0) is 13.1. The van der Waals surface area contributed by atoms with Crippen molar-refractivity contribution in [1.29, 1.82) is 0 Å². The van der Waals surface area contributed by atoms with Crippen molar-refractivity contribution in [2.75, 3.05) is 26.2 Å². The highest BCUT2D eigenvalue weighted by Gasteiger charge is 2.35. The van der Waals surface area contributed by atoms with Crippen molar-refractivity contribution >= 4 is 6.03 Å². The summed E-state index contributed by atoms with van der Waals surface area (Å²) in [5, 5.41) is 2.98. The predicted octanol–water partition coefficient (Wildman–Crippen LogP) is 1.68. The van der Waals surface area contributed by atoms with E-state index in [9.17, 15) is 4.79 Å². The lowest BCUT2D eigenvalue weighted by Gasteiger charge is -2.43. The van der Waals surface area contributed by atoms with Gasteiger partial charge in [-0.15, -0.1) is 0 Å². The lowest BCUT2D eigenvalue weighted by molar-refractivity contribution is 0.0715. The molecule has 1 aromatic rings. The minimum atomic E-state index is 0.0688. The van der Waals surface area contributed by atoms with E-state index in [0.29, 0.717) is 12.6 Å². The van der Waals surface area contributed by atoms with Crippen LogP contribution in [0.25, 0.3) is 0 Å². The Morgan fingerprint density at radius 3 is 2.53 bits per heavy atom. The third kappa shape index (κ3) is 2.89. The van der Waals surface area contributed by atoms with Crippen molar-refractivity contribution in [2.24, 2.45) is 0 Å². The Morgan fingerprint density at radius 1 is 1.16 bits per heavy atom. The van der Waals surface area contributed by atoms with Crippen LogP contribution in [0.2, 0.25) is 0 Å². The van der Waals surface area contributed by atoms with Crippen LogP contribution in [-0.4, -0.2) is 48.1 Å². The molecule has 0 saturated carbocycles. The summed E-state index contributed by atoms with van der Waals surface area (Å²) in [7, 11) is 0. The van der Waals surface area contributed by atoms with Crippen molar-refractivity contribution in [3.05, 3.63) is 35.9 Å². The van der Waals surface area contributed by atoms with Crippen LogP contribution in [0.4, 0.5) is 4.79 Å². The minimum absolute atomic E-state index is 0.0688. The Balaban J connectivity index is 1.40. The first kappa shape index (κ1) is 12.5. The van der Waals surface area contributed by atoms with Gasteiger partial charge in [0.25, 0.3) is 0 Å². The fourth-order valence-corrected chi connectivity index (χ4v) is 2.84. The van der Waals surface area contributed by atoms with E-state index in [-0.39, 0.29) is 6.03 Å². The highest BCUT2D eigenvalue weighted by molar-refractivity contribution is 5.75. The molecule has 2 amide bonds. The van der Waals surface area contributed by atoms with Gasteiger partial charge in [0.15, 0.2) is 0 Å². The number of hydrogen-bond donors (Lipinski definition) is 1. The van der Waals surface area contributed by atoms with E-state index >= 15 is 0 Å². The fraction of sp³-hybridized carbons (Fsp3) is 0.533. The summed E-state index contributed by atoms with van der Waals surface area (Å²) in [4.78, 5) is 16.4. The van der Waals surface area contributed by atoms with E-state index in [1.54, 1.807) is 0 Å². The lowest BCUT2D eigenvalue weighted by Crippen LogP contribution is -2.62. The number of benzene rings is 1. The van der Waals surface area contributed by atoms with Crippen molar-refractivity contribution in [1.82, 2.24) is 15.1 Å². The molecule has 0 aromatic heterocycles. The first-order valence-corrected chi connectivity index (χ1v) is 7.14. The van der Waals surface area contributed by atoms with Gasteiger partial charge >= 0.3 is 6.03 Å². The average molecular weight is 259 g/mol. The molecule has 102 valence electrons. The van der Waals surface area contributed by atoms with E-state index in [4.69, 9.17) is 0 Å². The smallest absolute Gasteiger partial charge is 0.317 e.